The van der Waals surface area contributed by atoms with Gasteiger partial charge in [-0.3, -0.25) is 14.5 Å². The highest BCUT2D eigenvalue weighted by Gasteiger charge is 2.29. The number of carbonyl (C=O) groups is 3. The number of hydrogen-bond donors (Lipinski definition) is 5. The van der Waals surface area contributed by atoms with Crippen molar-refractivity contribution in [2.75, 3.05) is 74.9 Å². The van der Waals surface area contributed by atoms with Crippen LogP contribution in [0.15, 0.2) is 24.3 Å². The molecule has 3 amide bonds. The normalized spacial score (nSPS) is 20.7. The van der Waals surface area contributed by atoms with Gasteiger partial charge in [0.25, 0.3) is 11.8 Å². The summed E-state index contributed by atoms with van der Waals surface area (Å²) < 4.78 is 0. The number of hydrogen-bond acceptors (Lipinski definition) is 10. The van der Waals surface area contributed by atoms with E-state index in [1.807, 2.05) is 24.3 Å². The van der Waals surface area contributed by atoms with Crippen LogP contribution in [0.2, 0.25) is 0 Å². The maximum atomic E-state index is 12.2. The molecule has 41 heavy (non-hydrogen) atoms. The Bertz CT molecular complexity index is 1270. The van der Waals surface area contributed by atoms with Gasteiger partial charge in [0.1, 0.15) is 0 Å². The lowest BCUT2D eigenvalue weighted by Gasteiger charge is -2.42. The van der Waals surface area contributed by atoms with E-state index in [1.165, 1.54) is 4.90 Å². The fourth-order valence-electron chi connectivity index (χ4n) is 5.78. The van der Waals surface area contributed by atoms with Crippen LogP contribution in [0.1, 0.15) is 40.2 Å². The van der Waals surface area contributed by atoms with Crippen molar-refractivity contribution < 1.29 is 19.5 Å². The first-order chi connectivity index (χ1) is 19.7. The van der Waals surface area contributed by atoms with Gasteiger partial charge in [-0.1, -0.05) is 0 Å². The maximum Gasteiger partial charge on any atom is 0.407 e. The zero-order valence-electron chi connectivity index (χ0n) is 23.3. The van der Waals surface area contributed by atoms with Crippen LogP contribution >= 0.6 is 0 Å². The van der Waals surface area contributed by atoms with Crippen LogP contribution in [0.5, 0.6) is 0 Å². The van der Waals surface area contributed by atoms with Crippen LogP contribution in [-0.2, 0) is 0 Å². The van der Waals surface area contributed by atoms with Gasteiger partial charge in [0.15, 0.2) is 23.0 Å². The number of nitrogens with two attached hydrogens (primary N) is 2. The van der Waals surface area contributed by atoms with Gasteiger partial charge in [0.2, 0.25) is 0 Å². The third kappa shape index (κ3) is 6.60. The number of primary amides is 2. The Kier molecular flexibility index (Phi) is 8.40. The van der Waals surface area contributed by atoms with Crippen LogP contribution in [0.3, 0.4) is 0 Å². The summed E-state index contributed by atoms with van der Waals surface area (Å²) >= 11 is 0. The monoisotopic (exact) mass is 566 g/mol. The van der Waals surface area contributed by atoms with Crippen molar-refractivity contribution in [3.63, 3.8) is 0 Å². The highest BCUT2D eigenvalue weighted by atomic mass is 16.4. The Morgan fingerprint density at radius 2 is 1.49 bits per heavy atom. The Morgan fingerprint density at radius 1 is 0.854 bits per heavy atom. The summed E-state index contributed by atoms with van der Waals surface area (Å²) in [5.74, 6) is -1.63. The fraction of sp³-hybridized carbons (Fsp3) is 0.519. The molecule has 14 heteroatoms. The average Bonchev–Trinajstić information content (AvgIpc) is 3.43. The molecule has 1 aromatic heterocycles. The Morgan fingerprint density at radius 3 is 2.07 bits per heavy atom. The molecule has 0 unspecified atom stereocenters. The highest BCUT2D eigenvalue weighted by molar-refractivity contribution is 6.01. The molecule has 7 N–H and O–H groups in total. The standard InChI is InChI=1S/C27H38N10O4/c1-34-12-14-36(15-13-34)20-7-10-35(11-8-20)19-4-2-17(3-5-19)30-25-21(23(28)38)32-22(24(29)39)26(33-25)31-18-6-9-37(16-18)27(40)41/h2-5,18,20H,6-16H2,1H3,(H2,28,38)(H2,29,39)(H,40,41)(H2,30,31,33)/t18-/m1/s1. The molecule has 3 aliphatic rings. The summed E-state index contributed by atoms with van der Waals surface area (Å²) in [7, 11) is 2.18. The Balaban J connectivity index is 1.27. The number of rotatable bonds is 8. The number of piperidine rings is 1. The van der Waals surface area contributed by atoms with Gasteiger partial charge in [0, 0.05) is 75.8 Å². The summed E-state index contributed by atoms with van der Waals surface area (Å²) in [6.45, 7) is 7.07. The minimum atomic E-state index is -1.02. The summed E-state index contributed by atoms with van der Waals surface area (Å²) in [6.07, 6.45) is 1.76. The maximum absolute atomic E-state index is 12.2. The number of anilines is 4. The zero-order valence-corrected chi connectivity index (χ0v) is 23.3. The number of amides is 3. The van der Waals surface area contributed by atoms with Crippen LogP contribution in [0.4, 0.5) is 27.8 Å². The molecule has 0 saturated carbocycles. The first kappa shape index (κ1) is 28.4. The van der Waals surface area contributed by atoms with Gasteiger partial charge in [-0.25, -0.2) is 14.8 Å². The van der Waals surface area contributed by atoms with Crippen molar-refractivity contribution in [2.24, 2.45) is 11.5 Å². The quantitative estimate of drug-likeness (QED) is 0.304. The molecule has 1 atom stereocenters. The molecule has 5 rings (SSSR count). The van der Waals surface area contributed by atoms with Gasteiger partial charge in [-0.2, -0.15) is 0 Å². The second-order valence-electron chi connectivity index (χ2n) is 10.9. The molecule has 14 nitrogen and oxygen atoms in total. The lowest BCUT2D eigenvalue weighted by atomic mass is 10.0. The third-order valence-corrected chi connectivity index (χ3v) is 8.18. The number of likely N-dealkylation sites (N-methyl/N-ethyl adjacent to an activating group) is 1. The van der Waals surface area contributed by atoms with Crippen molar-refractivity contribution in [2.45, 2.75) is 31.3 Å². The summed E-state index contributed by atoms with van der Waals surface area (Å²) in [6, 6.07) is 8.16. The van der Waals surface area contributed by atoms with Crippen molar-refractivity contribution in [3.8, 4) is 0 Å². The zero-order chi connectivity index (χ0) is 29.1. The second-order valence-corrected chi connectivity index (χ2v) is 10.9. The van der Waals surface area contributed by atoms with E-state index < -0.39 is 17.9 Å². The van der Waals surface area contributed by atoms with E-state index in [1.54, 1.807) is 0 Å². The molecule has 0 aliphatic carbocycles. The van der Waals surface area contributed by atoms with E-state index in [0.717, 1.165) is 57.8 Å². The van der Waals surface area contributed by atoms with E-state index in [2.05, 4.69) is 42.3 Å². The van der Waals surface area contributed by atoms with Gasteiger partial charge < -0.3 is 41.9 Å². The van der Waals surface area contributed by atoms with Gasteiger partial charge in [-0.05, 0) is 50.6 Å². The SMILES string of the molecule is CN1CCN(C2CCN(c3ccc(Nc4nc(N[C@@H]5CCN(C(=O)O)C5)c(C(N)=O)nc4C(N)=O)cc3)CC2)CC1. The summed E-state index contributed by atoms with van der Waals surface area (Å²) in [5.41, 5.74) is 12.4. The summed E-state index contributed by atoms with van der Waals surface area (Å²) in [4.78, 5) is 52.8. The van der Waals surface area contributed by atoms with E-state index in [-0.39, 0.29) is 35.6 Å². The number of carboxylic acid groups (broad SMARTS) is 1. The lowest BCUT2D eigenvalue weighted by Crippen LogP contribution is -2.52. The number of likely N-dealkylation sites (tertiary alicyclic amines) is 1. The number of nitrogens with zero attached hydrogens (tertiary/aromatic N) is 6. The highest BCUT2D eigenvalue weighted by Crippen LogP contribution is 2.28. The topological polar surface area (TPSA) is 186 Å². The van der Waals surface area contributed by atoms with Gasteiger partial charge in [-0.15, -0.1) is 0 Å². The molecule has 0 bridgehead atoms. The van der Waals surface area contributed by atoms with Crippen molar-refractivity contribution >= 4 is 40.9 Å². The minimum Gasteiger partial charge on any atom is -0.465 e. The van der Waals surface area contributed by atoms with Crippen molar-refractivity contribution in [3.05, 3.63) is 35.7 Å². The largest absolute Gasteiger partial charge is 0.465 e. The van der Waals surface area contributed by atoms with E-state index in [0.29, 0.717) is 24.7 Å². The molecule has 4 heterocycles. The van der Waals surface area contributed by atoms with Crippen LogP contribution in [0.25, 0.3) is 0 Å². The molecule has 220 valence electrons. The number of carbonyl (C=O) groups excluding carboxylic acids is 2. The van der Waals surface area contributed by atoms with Crippen LogP contribution in [-0.4, -0.2) is 119 Å². The predicted molar refractivity (Wildman–Crippen MR) is 155 cm³/mol. The smallest absolute Gasteiger partial charge is 0.407 e. The molecule has 2 aromatic rings. The average molecular weight is 567 g/mol. The molecular weight excluding hydrogens is 528 g/mol. The molecule has 1 aromatic carbocycles. The number of benzene rings is 1. The number of nitrogens with one attached hydrogen (secondary N) is 2. The number of piperazine rings is 1. The fourth-order valence-corrected chi connectivity index (χ4v) is 5.78. The first-order valence-electron chi connectivity index (χ1n) is 14.0. The molecule has 3 fully saturated rings. The molecule has 3 aliphatic heterocycles. The molecule has 0 radical (unpaired) electrons. The molecule has 0 spiro atoms. The second kappa shape index (κ2) is 12.1. The molecule has 3 saturated heterocycles. The number of aromatic nitrogens is 2. The van der Waals surface area contributed by atoms with Crippen molar-refractivity contribution in [1.29, 1.82) is 0 Å². The van der Waals surface area contributed by atoms with E-state index in [4.69, 9.17) is 11.5 Å². The summed E-state index contributed by atoms with van der Waals surface area (Å²) in [5, 5.41) is 15.4. The first-order valence-corrected chi connectivity index (χ1v) is 14.0. The van der Waals surface area contributed by atoms with E-state index >= 15 is 0 Å². The third-order valence-electron chi connectivity index (χ3n) is 8.18. The molecular formula is C27H38N10O4. The lowest BCUT2D eigenvalue weighted by molar-refractivity contribution is 0.0982. The van der Waals surface area contributed by atoms with E-state index in [9.17, 15) is 19.5 Å². The predicted octanol–water partition coefficient (Wildman–Crippen LogP) is 0.798. The van der Waals surface area contributed by atoms with Crippen LogP contribution < -0.4 is 27.0 Å². The van der Waals surface area contributed by atoms with Crippen LogP contribution in [0, 0.1) is 0 Å². The van der Waals surface area contributed by atoms with Gasteiger partial charge >= 0.3 is 6.09 Å². The Hall–Kier alpha value is -4.17. The minimum absolute atomic E-state index is 0.0575. The van der Waals surface area contributed by atoms with Crippen molar-refractivity contribution in [1.82, 2.24) is 24.7 Å². The Labute approximate surface area is 238 Å². The van der Waals surface area contributed by atoms with Gasteiger partial charge in [0.05, 0.1) is 0 Å².